The molecule has 0 amide bonds. The summed E-state index contributed by atoms with van der Waals surface area (Å²) >= 11 is 0. The number of hydrogen-bond donors (Lipinski definition) is 1. The van der Waals surface area contributed by atoms with Crippen LogP contribution in [-0.4, -0.2) is 67.2 Å². The van der Waals surface area contributed by atoms with Gasteiger partial charge in [0.05, 0.1) is 0 Å². The summed E-state index contributed by atoms with van der Waals surface area (Å²) in [5, 5.41) is 10.3. The van der Waals surface area contributed by atoms with Crippen molar-refractivity contribution < 1.29 is 19.3 Å². The average Bonchev–Trinajstić information content (AvgIpc) is 3.15. The van der Waals surface area contributed by atoms with E-state index in [-0.39, 0.29) is 13.4 Å². The lowest BCUT2D eigenvalue weighted by Crippen LogP contribution is -2.49. The van der Waals surface area contributed by atoms with Gasteiger partial charge in [-0.1, -0.05) is 6.07 Å². The highest BCUT2D eigenvalue weighted by molar-refractivity contribution is 5.46. The van der Waals surface area contributed by atoms with Crippen LogP contribution in [0.1, 0.15) is 0 Å². The molecule has 0 bridgehead atoms. The highest BCUT2D eigenvalue weighted by Gasteiger charge is 2.20. The zero-order valence-corrected chi connectivity index (χ0v) is 14.6. The molecule has 1 fully saturated rings. The van der Waals surface area contributed by atoms with Crippen molar-refractivity contribution in [3.8, 4) is 17.2 Å². The van der Waals surface area contributed by atoms with Gasteiger partial charge in [-0.15, -0.1) is 0 Å². The van der Waals surface area contributed by atoms with Gasteiger partial charge in [0.15, 0.2) is 11.5 Å². The van der Waals surface area contributed by atoms with Crippen LogP contribution in [0.25, 0.3) is 0 Å². The van der Waals surface area contributed by atoms with E-state index >= 15 is 0 Å². The van der Waals surface area contributed by atoms with E-state index < -0.39 is 6.10 Å². The van der Waals surface area contributed by atoms with Crippen LogP contribution in [0, 0.1) is 0 Å². The number of nitrogens with zero attached hydrogens (tertiary/aromatic N) is 3. The Kier molecular flexibility index (Phi) is 5.08. The smallest absolute Gasteiger partial charge is 0.231 e. The fourth-order valence-electron chi connectivity index (χ4n) is 3.21. The number of ether oxygens (including phenoxy) is 3. The molecule has 1 saturated heterocycles. The third kappa shape index (κ3) is 4.00. The fourth-order valence-corrected chi connectivity index (χ4v) is 3.21. The molecule has 3 heterocycles. The van der Waals surface area contributed by atoms with Crippen molar-refractivity contribution in [2.24, 2.45) is 0 Å². The molecule has 1 aromatic carbocycles. The zero-order valence-electron chi connectivity index (χ0n) is 14.6. The van der Waals surface area contributed by atoms with E-state index in [0.29, 0.717) is 18.0 Å². The molecule has 1 aromatic heterocycles. The SMILES string of the molecule is O[C@@H](COc1ccc2c(c1)OCO2)CN1CCN(c2ccccn2)CC1. The molecule has 138 valence electrons. The maximum atomic E-state index is 10.3. The average molecular weight is 357 g/mol. The number of pyridine rings is 1. The summed E-state index contributed by atoms with van der Waals surface area (Å²) in [6, 6.07) is 11.4. The number of piperazine rings is 1. The summed E-state index contributed by atoms with van der Waals surface area (Å²) in [5.74, 6) is 3.10. The summed E-state index contributed by atoms with van der Waals surface area (Å²) in [7, 11) is 0. The van der Waals surface area contributed by atoms with Crippen LogP contribution >= 0.6 is 0 Å². The van der Waals surface area contributed by atoms with E-state index in [2.05, 4.69) is 14.8 Å². The van der Waals surface area contributed by atoms with E-state index in [9.17, 15) is 5.11 Å². The van der Waals surface area contributed by atoms with Gasteiger partial charge < -0.3 is 24.2 Å². The largest absolute Gasteiger partial charge is 0.491 e. The zero-order chi connectivity index (χ0) is 17.8. The fraction of sp³-hybridized carbons (Fsp3) is 0.421. The van der Waals surface area contributed by atoms with E-state index in [1.165, 1.54) is 0 Å². The second-order valence-electron chi connectivity index (χ2n) is 6.46. The summed E-state index contributed by atoms with van der Waals surface area (Å²) in [6.07, 6.45) is 1.28. The molecule has 7 heteroatoms. The topological polar surface area (TPSA) is 67.3 Å². The maximum Gasteiger partial charge on any atom is 0.231 e. The first-order valence-corrected chi connectivity index (χ1v) is 8.87. The number of aliphatic hydroxyl groups excluding tert-OH is 1. The van der Waals surface area contributed by atoms with Gasteiger partial charge in [-0.05, 0) is 24.3 Å². The summed E-state index contributed by atoms with van der Waals surface area (Å²) < 4.78 is 16.3. The predicted molar refractivity (Wildman–Crippen MR) is 97.0 cm³/mol. The number of benzene rings is 1. The summed E-state index contributed by atoms with van der Waals surface area (Å²) in [5.41, 5.74) is 0. The van der Waals surface area contributed by atoms with Gasteiger partial charge >= 0.3 is 0 Å². The van der Waals surface area contributed by atoms with Crippen molar-refractivity contribution in [1.29, 1.82) is 0 Å². The van der Waals surface area contributed by atoms with E-state index in [1.54, 1.807) is 6.07 Å². The third-order valence-corrected chi connectivity index (χ3v) is 4.60. The minimum Gasteiger partial charge on any atom is -0.491 e. The van der Waals surface area contributed by atoms with Crippen molar-refractivity contribution in [3.63, 3.8) is 0 Å². The first-order chi connectivity index (χ1) is 12.8. The minimum atomic E-state index is -0.540. The Balaban J connectivity index is 1.21. The number of aromatic nitrogens is 1. The number of β-amino-alcohol motifs (C(OH)–C–C–N with tert-alkyl or cyclic N) is 1. The second-order valence-corrected chi connectivity index (χ2v) is 6.46. The van der Waals surface area contributed by atoms with Crippen LogP contribution in [0.4, 0.5) is 5.82 Å². The van der Waals surface area contributed by atoms with Gasteiger partial charge in [0.25, 0.3) is 0 Å². The molecule has 26 heavy (non-hydrogen) atoms. The molecular formula is C19H23N3O4. The molecule has 0 spiro atoms. The van der Waals surface area contributed by atoms with Gasteiger partial charge in [-0.25, -0.2) is 4.98 Å². The number of hydrogen-bond acceptors (Lipinski definition) is 7. The highest BCUT2D eigenvalue weighted by atomic mass is 16.7. The van der Waals surface area contributed by atoms with Crippen LogP contribution in [0.15, 0.2) is 42.6 Å². The number of aliphatic hydroxyl groups is 1. The van der Waals surface area contributed by atoms with Crippen LogP contribution in [0.3, 0.4) is 0 Å². The van der Waals surface area contributed by atoms with Crippen molar-refractivity contribution in [2.45, 2.75) is 6.10 Å². The Morgan fingerprint density at radius 3 is 2.73 bits per heavy atom. The van der Waals surface area contributed by atoms with E-state index in [1.807, 2.05) is 36.5 Å². The quantitative estimate of drug-likeness (QED) is 0.837. The van der Waals surface area contributed by atoms with Crippen LogP contribution in [0.2, 0.25) is 0 Å². The molecule has 0 unspecified atom stereocenters. The minimum absolute atomic E-state index is 0.242. The van der Waals surface area contributed by atoms with Gasteiger partial charge in [0.2, 0.25) is 6.79 Å². The molecule has 4 rings (SSSR count). The Morgan fingerprint density at radius 1 is 1.08 bits per heavy atom. The number of rotatable bonds is 6. The first kappa shape index (κ1) is 16.9. The lowest BCUT2D eigenvalue weighted by molar-refractivity contribution is 0.0662. The van der Waals surface area contributed by atoms with Gasteiger partial charge in [0, 0.05) is 45.0 Å². The lowest BCUT2D eigenvalue weighted by atomic mass is 10.2. The van der Waals surface area contributed by atoms with Crippen LogP contribution in [-0.2, 0) is 0 Å². The Bertz CT molecular complexity index is 720. The monoisotopic (exact) mass is 357 g/mol. The Morgan fingerprint density at radius 2 is 1.92 bits per heavy atom. The van der Waals surface area contributed by atoms with E-state index in [4.69, 9.17) is 14.2 Å². The molecule has 0 aliphatic carbocycles. The standard InChI is InChI=1S/C19H23N3O4/c23-15(13-24-16-4-5-17-18(11-16)26-14-25-17)12-21-7-9-22(10-8-21)19-3-1-2-6-20-19/h1-6,11,15,23H,7-10,12-14H2/t15-/m1/s1. The lowest BCUT2D eigenvalue weighted by Gasteiger charge is -2.36. The third-order valence-electron chi connectivity index (χ3n) is 4.60. The van der Waals surface area contributed by atoms with Gasteiger partial charge in [0.1, 0.15) is 24.3 Å². The second kappa shape index (κ2) is 7.80. The molecule has 2 aromatic rings. The highest BCUT2D eigenvalue weighted by Crippen LogP contribution is 2.35. The van der Waals surface area contributed by atoms with Crippen LogP contribution in [0.5, 0.6) is 17.2 Å². The molecule has 2 aliphatic rings. The molecule has 7 nitrogen and oxygen atoms in total. The van der Waals surface area contributed by atoms with Crippen molar-refractivity contribution in [1.82, 2.24) is 9.88 Å². The van der Waals surface area contributed by atoms with Gasteiger partial charge in [-0.2, -0.15) is 0 Å². The predicted octanol–water partition coefficient (Wildman–Crippen LogP) is 1.37. The molecule has 0 radical (unpaired) electrons. The van der Waals surface area contributed by atoms with Crippen molar-refractivity contribution >= 4 is 5.82 Å². The van der Waals surface area contributed by atoms with Gasteiger partial charge in [-0.3, -0.25) is 4.90 Å². The Hall–Kier alpha value is -2.51. The first-order valence-electron chi connectivity index (χ1n) is 8.87. The number of fused-ring (bicyclic) bond motifs is 1. The van der Waals surface area contributed by atoms with Crippen molar-refractivity contribution in [3.05, 3.63) is 42.6 Å². The number of anilines is 1. The van der Waals surface area contributed by atoms with Crippen LogP contribution < -0.4 is 19.1 Å². The summed E-state index contributed by atoms with van der Waals surface area (Å²) in [6.45, 7) is 4.71. The molecule has 1 atom stereocenters. The summed E-state index contributed by atoms with van der Waals surface area (Å²) in [4.78, 5) is 8.92. The molecule has 1 N–H and O–H groups in total. The normalized spacial score (nSPS) is 18.0. The Labute approximate surface area is 152 Å². The molecule has 2 aliphatic heterocycles. The van der Waals surface area contributed by atoms with E-state index in [0.717, 1.165) is 37.7 Å². The molecule has 0 saturated carbocycles. The molecular weight excluding hydrogens is 334 g/mol. The maximum absolute atomic E-state index is 10.3. The van der Waals surface area contributed by atoms with Crippen molar-refractivity contribution in [2.75, 3.05) is 51.0 Å².